The highest BCUT2D eigenvalue weighted by Crippen LogP contribution is 2.03. The van der Waals surface area contributed by atoms with E-state index in [1.54, 1.807) is 0 Å². The molecule has 1 aliphatic heterocycles. The van der Waals surface area contributed by atoms with Crippen molar-refractivity contribution in [2.75, 3.05) is 19.7 Å². The van der Waals surface area contributed by atoms with Crippen molar-refractivity contribution in [1.82, 2.24) is 10.6 Å². The second-order valence-corrected chi connectivity index (χ2v) is 6.22. The summed E-state index contributed by atoms with van der Waals surface area (Å²) in [7, 11) is 0. The van der Waals surface area contributed by atoms with Gasteiger partial charge < -0.3 is 41.9 Å². The topological polar surface area (TPSA) is 220 Å². The lowest BCUT2D eigenvalue weighted by molar-refractivity contribution is -0.141. The van der Waals surface area contributed by atoms with Gasteiger partial charge in [0.05, 0.1) is 0 Å². The molecule has 29 heavy (non-hydrogen) atoms. The van der Waals surface area contributed by atoms with Crippen LogP contribution in [0.4, 0.5) is 0 Å². The highest BCUT2D eigenvalue weighted by Gasteiger charge is 2.20. The quantitative estimate of drug-likeness (QED) is 0.199. The molecule has 12 heteroatoms. The van der Waals surface area contributed by atoms with Crippen LogP contribution in [-0.4, -0.2) is 87.2 Å². The van der Waals surface area contributed by atoms with Crippen molar-refractivity contribution in [1.29, 1.82) is 0 Å². The summed E-state index contributed by atoms with van der Waals surface area (Å²) >= 11 is 0. The molecule has 0 aromatic heterocycles. The first kappa shape index (κ1) is 28.9. The number of nitrogens with one attached hydrogen (secondary N) is 2. The lowest BCUT2D eigenvalue weighted by Crippen LogP contribution is -2.37. The van der Waals surface area contributed by atoms with Crippen LogP contribution in [0.2, 0.25) is 0 Å². The van der Waals surface area contributed by atoms with E-state index in [0.29, 0.717) is 6.54 Å². The number of aliphatic hydroxyl groups is 1. The summed E-state index contributed by atoms with van der Waals surface area (Å²) in [5.74, 6) is -3.81. The number of rotatable bonds is 11. The zero-order valence-electron chi connectivity index (χ0n) is 16.5. The predicted molar refractivity (Wildman–Crippen MR) is 103 cm³/mol. The van der Waals surface area contributed by atoms with Crippen molar-refractivity contribution in [2.45, 2.75) is 63.6 Å². The van der Waals surface area contributed by atoms with Crippen LogP contribution >= 0.6 is 0 Å². The highest BCUT2D eigenvalue weighted by molar-refractivity contribution is 5.75. The molecule has 0 spiro atoms. The van der Waals surface area contributed by atoms with Crippen LogP contribution in [0, 0.1) is 0 Å². The minimum absolute atomic E-state index is 0.0231. The lowest BCUT2D eigenvalue weighted by atomic mass is 10.2. The molecule has 0 aliphatic carbocycles. The first-order valence-electron chi connectivity index (χ1n) is 9.30. The summed E-state index contributed by atoms with van der Waals surface area (Å²) in [4.78, 5) is 40.4. The molecular weight excluding hydrogens is 390 g/mol. The SMILES string of the molecule is CCCN[C@@H](CCO)C(=O)O.N[C@@H](CCC(=O)O)C(=O)O.O=C(O)[C@@H]1CCCN1. The molecule has 0 amide bonds. The molecule has 0 bridgehead atoms. The number of carboxylic acids is 4. The summed E-state index contributed by atoms with van der Waals surface area (Å²) in [6, 6.07) is -1.92. The maximum Gasteiger partial charge on any atom is 0.320 e. The Hall–Kier alpha value is -2.28. The molecule has 1 fully saturated rings. The van der Waals surface area contributed by atoms with Gasteiger partial charge in [0, 0.05) is 13.0 Å². The van der Waals surface area contributed by atoms with Crippen molar-refractivity contribution in [3.8, 4) is 0 Å². The largest absolute Gasteiger partial charge is 0.481 e. The van der Waals surface area contributed by atoms with E-state index in [1.165, 1.54) is 0 Å². The summed E-state index contributed by atoms with van der Waals surface area (Å²) in [6.07, 6.45) is 2.73. The van der Waals surface area contributed by atoms with Gasteiger partial charge in [0.1, 0.15) is 18.1 Å². The number of aliphatic hydroxyl groups excluding tert-OH is 1. The van der Waals surface area contributed by atoms with E-state index in [9.17, 15) is 19.2 Å². The molecular formula is C17H33N3O9. The van der Waals surface area contributed by atoms with Crippen molar-refractivity contribution < 1.29 is 44.7 Å². The number of hydrogen-bond acceptors (Lipinski definition) is 8. The lowest BCUT2D eigenvalue weighted by Gasteiger charge is -2.11. The predicted octanol–water partition coefficient (Wildman–Crippen LogP) is -1.09. The third-order valence-electron chi connectivity index (χ3n) is 3.70. The van der Waals surface area contributed by atoms with Gasteiger partial charge in [-0.1, -0.05) is 6.92 Å². The van der Waals surface area contributed by atoms with Crippen molar-refractivity contribution in [3.63, 3.8) is 0 Å². The molecule has 12 nitrogen and oxygen atoms in total. The van der Waals surface area contributed by atoms with Crippen LogP contribution in [-0.2, 0) is 19.2 Å². The Morgan fingerprint density at radius 3 is 2.03 bits per heavy atom. The Labute approximate surface area is 169 Å². The zero-order chi connectivity index (χ0) is 22.8. The third kappa shape index (κ3) is 17.5. The van der Waals surface area contributed by atoms with Crippen LogP contribution < -0.4 is 16.4 Å². The zero-order valence-corrected chi connectivity index (χ0v) is 16.5. The minimum atomic E-state index is -1.17. The van der Waals surface area contributed by atoms with Gasteiger partial charge in [-0.25, -0.2) is 0 Å². The van der Waals surface area contributed by atoms with Gasteiger partial charge in [-0.15, -0.1) is 0 Å². The molecule has 0 saturated carbocycles. The molecule has 0 radical (unpaired) electrons. The number of carboxylic acid groups (broad SMARTS) is 4. The fraction of sp³-hybridized carbons (Fsp3) is 0.765. The first-order valence-corrected chi connectivity index (χ1v) is 9.30. The average molecular weight is 423 g/mol. The molecule has 170 valence electrons. The van der Waals surface area contributed by atoms with Gasteiger partial charge in [0.15, 0.2) is 0 Å². The Kier molecular flexibility index (Phi) is 17.7. The van der Waals surface area contributed by atoms with Gasteiger partial charge in [-0.05, 0) is 45.2 Å². The highest BCUT2D eigenvalue weighted by atomic mass is 16.4. The summed E-state index contributed by atoms with van der Waals surface area (Å²) in [5, 5.41) is 47.3. The van der Waals surface area contributed by atoms with Gasteiger partial charge in [-0.2, -0.15) is 0 Å². The average Bonchev–Trinajstić information content (AvgIpc) is 3.19. The molecule has 3 atom stereocenters. The number of hydrogen-bond donors (Lipinski definition) is 8. The van der Waals surface area contributed by atoms with Crippen molar-refractivity contribution in [3.05, 3.63) is 0 Å². The van der Waals surface area contributed by atoms with Gasteiger partial charge in [-0.3, -0.25) is 19.2 Å². The smallest absolute Gasteiger partial charge is 0.320 e. The van der Waals surface area contributed by atoms with Crippen molar-refractivity contribution >= 4 is 23.9 Å². The normalized spacial score (nSPS) is 17.0. The first-order chi connectivity index (χ1) is 13.6. The second-order valence-electron chi connectivity index (χ2n) is 6.22. The molecule has 1 rings (SSSR count). The Bertz CT molecular complexity index is 497. The van der Waals surface area contributed by atoms with E-state index in [2.05, 4.69) is 10.6 Å². The van der Waals surface area contributed by atoms with Crippen molar-refractivity contribution in [2.24, 2.45) is 5.73 Å². The summed E-state index contributed by atoms with van der Waals surface area (Å²) in [5.41, 5.74) is 5.00. The molecule has 1 saturated heterocycles. The van der Waals surface area contributed by atoms with Crippen LogP contribution in [0.5, 0.6) is 0 Å². The van der Waals surface area contributed by atoms with Crippen LogP contribution in [0.3, 0.4) is 0 Å². The van der Waals surface area contributed by atoms with Crippen LogP contribution in [0.1, 0.15) is 45.4 Å². The molecule has 1 heterocycles. The van der Waals surface area contributed by atoms with E-state index in [0.717, 1.165) is 25.8 Å². The number of carbonyl (C=O) groups is 4. The molecule has 9 N–H and O–H groups in total. The van der Waals surface area contributed by atoms with Gasteiger partial charge in [0.25, 0.3) is 0 Å². The maximum atomic E-state index is 10.4. The minimum Gasteiger partial charge on any atom is -0.481 e. The standard InChI is InChI=1S/C7H15NO3.C5H9NO4.C5H9NO2/c1-2-4-8-6(3-5-9)7(10)11;6-3(5(9)10)1-2-4(7)8;7-5(8)4-2-1-3-6-4/h6,8-9H,2-5H2,1H3,(H,10,11);3H,1-2,6H2,(H,7,8)(H,9,10);4,6H,1-3H2,(H,7,8)/t6-;3-;4-/m000/s1. The van der Waals surface area contributed by atoms with Gasteiger partial charge in [0.2, 0.25) is 0 Å². The van der Waals surface area contributed by atoms with Crippen LogP contribution in [0.15, 0.2) is 0 Å². The molecule has 0 aromatic carbocycles. The van der Waals surface area contributed by atoms with Gasteiger partial charge >= 0.3 is 23.9 Å². The molecule has 0 unspecified atom stereocenters. The van der Waals surface area contributed by atoms with E-state index in [-0.39, 0.29) is 31.9 Å². The fourth-order valence-electron chi connectivity index (χ4n) is 2.06. The summed E-state index contributed by atoms with van der Waals surface area (Å²) in [6.45, 7) is 3.41. The fourth-order valence-corrected chi connectivity index (χ4v) is 2.06. The molecule has 0 aromatic rings. The number of nitrogens with two attached hydrogens (primary N) is 1. The second kappa shape index (κ2) is 17.8. The third-order valence-corrected chi connectivity index (χ3v) is 3.70. The van der Waals surface area contributed by atoms with Crippen LogP contribution in [0.25, 0.3) is 0 Å². The van der Waals surface area contributed by atoms with E-state index >= 15 is 0 Å². The monoisotopic (exact) mass is 423 g/mol. The van der Waals surface area contributed by atoms with E-state index < -0.39 is 36.0 Å². The maximum absolute atomic E-state index is 10.4. The number of aliphatic carboxylic acids is 4. The Morgan fingerprint density at radius 2 is 1.72 bits per heavy atom. The molecule has 1 aliphatic rings. The van der Waals surface area contributed by atoms with E-state index in [1.807, 2.05) is 6.92 Å². The Morgan fingerprint density at radius 1 is 1.10 bits per heavy atom. The van der Waals surface area contributed by atoms with E-state index in [4.69, 9.17) is 31.3 Å². The summed E-state index contributed by atoms with van der Waals surface area (Å²) < 4.78 is 0. The Balaban J connectivity index is 0.